The first-order chi connectivity index (χ1) is 7.34. The summed E-state index contributed by atoms with van der Waals surface area (Å²) >= 11 is 0. The second-order valence-corrected chi connectivity index (χ2v) is 5.77. The number of hydrazine groups is 1. The van der Waals surface area contributed by atoms with Gasteiger partial charge in [-0.25, -0.2) is 14.4 Å². The zero-order valence-corrected chi connectivity index (χ0v) is 9.11. The van der Waals surface area contributed by atoms with Gasteiger partial charge in [0.2, 0.25) is 0 Å². The largest absolute Gasteiger partial charge is 0.246 e. The molecule has 0 aromatic rings. The maximum Gasteiger partial charge on any atom is 0.117 e. The van der Waals surface area contributed by atoms with Crippen LogP contribution in [-0.2, 0) is 0 Å². The molecule has 2 nitrogen and oxygen atoms in total. The van der Waals surface area contributed by atoms with E-state index in [4.69, 9.17) is 0 Å². The molecule has 3 heteroatoms. The van der Waals surface area contributed by atoms with E-state index >= 15 is 0 Å². The minimum atomic E-state index is -0.550. The summed E-state index contributed by atoms with van der Waals surface area (Å²) in [5.41, 5.74) is 0. The van der Waals surface area contributed by atoms with Crippen molar-refractivity contribution in [2.24, 2.45) is 0 Å². The SMILES string of the molecule is F[C@H]1CC[C@H]2C[C@@H]1N1C3CCC(CC3)N21. The number of hydrogen-bond acceptors (Lipinski definition) is 2. The van der Waals surface area contributed by atoms with Crippen molar-refractivity contribution >= 4 is 0 Å². The zero-order valence-electron chi connectivity index (χ0n) is 9.11. The highest BCUT2D eigenvalue weighted by Crippen LogP contribution is 2.48. The predicted octanol–water partition coefficient (Wildman–Crippen LogP) is 2.10. The highest BCUT2D eigenvalue weighted by atomic mass is 19.1. The maximum absolute atomic E-state index is 13.9. The summed E-state index contributed by atoms with van der Waals surface area (Å²) in [5, 5.41) is 5.07. The number of nitrogens with zero attached hydrogens (tertiary/aromatic N) is 2. The zero-order chi connectivity index (χ0) is 9.99. The minimum Gasteiger partial charge on any atom is -0.246 e. The molecule has 0 unspecified atom stereocenters. The average Bonchev–Trinajstić information content (AvgIpc) is 2.63. The molecule has 3 atom stereocenters. The van der Waals surface area contributed by atoms with Crippen LogP contribution in [0.5, 0.6) is 0 Å². The molecule has 0 amide bonds. The quantitative estimate of drug-likeness (QED) is 0.604. The van der Waals surface area contributed by atoms with E-state index in [0.29, 0.717) is 12.1 Å². The molecule has 84 valence electrons. The van der Waals surface area contributed by atoms with Crippen LogP contribution >= 0.6 is 0 Å². The van der Waals surface area contributed by atoms with Crippen molar-refractivity contribution in [3.8, 4) is 0 Å². The fourth-order valence-electron chi connectivity index (χ4n) is 4.50. The molecule has 3 saturated heterocycles. The molecule has 15 heavy (non-hydrogen) atoms. The van der Waals surface area contributed by atoms with Gasteiger partial charge in [0.1, 0.15) is 6.17 Å². The van der Waals surface area contributed by atoms with Gasteiger partial charge in [-0.05, 0) is 44.9 Å². The van der Waals surface area contributed by atoms with Crippen LogP contribution in [0.3, 0.4) is 0 Å². The van der Waals surface area contributed by atoms with Crippen LogP contribution in [0.25, 0.3) is 0 Å². The Labute approximate surface area is 90.4 Å². The van der Waals surface area contributed by atoms with Crippen molar-refractivity contribution in [1.29, 1.82) is 0 Å². The number of fused-ring (bicyclic) bond motifs is 4. The van der Waals surface area contributed by atoms with Crippen molar-refractivity contribution in [3.63, 3.8) is 0 Å². The van der Waals surface area contributed by atoms with Crippen LogP contribution in [-0.4, -0.2) is 40.4 Å². The molecule has 0 spiro atoms. The average molecular weight is 210 g/mol. The van der Waals surface area contributed by atoms with Crippen LogP contribution in [0, 0.1) is 0 Å². The predicted molar refractivity (Wildman–Crippen MR) is 56.0 cm³/mol. The molecule has 3 aliphatic heterocycles. The van der Waals surface area contributed by atoms with Crippen molar-refractivity contribution in [2.45, 2.75) is 75.3 Å². The summed E-state index contributed by atoms with van der Waals surface area (Å²) in [5.74, 6) is 0. The molecule has 2 aliphatic carbocycles. The van der Waals surface area contributed by atoms with Crippen LogP contribution in [0.2, 0.25) is 0 Å². The van der Waals surface area contributed by atoms with Gasteiger partial charge in [-0.1, -0.05) is 0 Å². The van der Waals surface area contributed by atoms with E-state index in [-0.39, 0.29) is 6.04 Å². The highest BCUT2D eigenvalue weighted by Gasteiger charge is 2.55. The fourth-order valence-corrected chi connectivity index (χ4v) is 4.50. The number of rotatable bonds is 0. The smallest absolute Gasteiger partial charge is 0.117 e. The number of alkyl halides is 1. The first-order valence-corrected chi connectivity index (χ1v) is 6.55. The Kier molecular flexibility index (Phi) is 1.76. The monoisotopic (exact) mass is 210 g/mol. The third-order valence-corrected chi connectivity index (χ3v) is 5.10. The summed E-state index contributed by atoms with van der Waals surface area (Å²) in [6.07, 6.45) is 7.81. The lowest BCUT2D eigenvalue weighted by Gasteiger charge is -2.53. The van der Waals surface area contributed by atoms with E-state index in [1.165, 1.54) is 25.7 Å². The summed E-state index contributed by atoms with van der Waals surface area (Å²) in [7, 11) is 0. The van der Waals surface area contributed by atoms with Gasteiger partial charge in [0.15, 0.2) is 0 Å². The molecule has 4 bridgehead atoms. The Morgan fingerprint density at radius 1 is 0.733 bits per heavy atom. The van der Waals surface area contributed by atoms with Crippen molar-refractivity contribution in [1.82, 2.24) is 10.0 Å². The first-order valence-electron chi connectivity index (χ1n) is 6.55. The molecule has 5 fully saturated rings. The standard InChI is InChI=1S/C12H19FN2/c13-11-6-5-10-7-12(11)15-9-3-1-8(2-4-9)14(10)15/h8-12H,1-7H2/t8?,9?,10-,11-,12-/m0/s1. The van der Waals surface area contributed by atoms with Gasteiger partial charge < -0.3 is 0 Å². The molecule has 0 N–H and O–H groups in total. The second kappa shape index (κ2) is 2.95. The Bertz CT molecular complexity index is 275. The Morgan fingerprint density at radius 3 is 2.07 bits per heavy atom. The molecule has 3 heterocycles. The Morgan fingerprint density at radius 2 is 1.33 bits per heavy atom. The van der Waals surface area contributed by atoms with Gasteiger partial charge in [0.05, 0.1) is 6.04 Å². The normalized spacial score (nSPS) is 54.6. The third kappa shape index (κ3) is 1.06. The van der Waals surface area contributed by atoms with Gasteiger partial charge >= 0.3 is 0 Å². The summed E-state index contributed by atoms with van der Waals surface area (Å²) in [6.45, 7) is 0. The van der Waals surface area contributed by atoms with Gasteiger partial charge in [-0.15, -0.1) is 0 Å². The lowest BCUT2D eigenvalue weighted by atomic mass is 9.87. The Hall–Kier alpha value is -0.150. The van der Waals surface area contributed by atoms with E-state index in [0.717, 1.165) is 25.3 Å². The molecule has 0 aromatic heterocycles. The van der Waals surface area contributed by atoms with Gasteiger partial charge in [-0.2, -0.15) is 0 Å². The molecular weight excluding hydrogens is 191 g/mol. The van der Waals surface area contributed by atoms with E-state index in [2.05, 4.69) is 10.0 Å². The minimum absolute atomic E-state index is 0.247. The van der Waals surface area contributed by atoms with Crippen molar-refractivity contribution in [3.05, 3.63) is 0 Å². The van der Waals surface area contributed by atoms with E-state index < -0.39 is 6.17 Å². The lowest BCUT2D eigenvalue weighted by molar-refractivity contribution is -0.159. The van der Waals surface area contributed by atoms with Crippen LogP contribution in [0.4, 0.5) is 4.39 Å². The first kappa shape index (κ1) is 8.94. The molecule has 0 radical (unpaired) electrons. The summed E-state index contributed by atoms with van der Waals surface area (Å²) in [4.78, 5) is 0. The highest BCUT2D eigenvalue weighted by molar-refractivity contribution is 5.05. The third-order valence-electron chi connectivity index (χ3n) is 5.10. The van der Waals surface area contributed by atoms with Crippen molar-refractivity contribution < 1.29 is 4.39 Å². The van der Waals surface area contributed by atoms with E-state index in [1.54, 1.807) is 0 Å². The lowest BCUT2D eigenvalue weighted by Crippen LogP contribution is -2.61. The Balaban J connectivity index is 1.72. The van der Waals surface area contributed by atoms with Crippen LogP contribution in [0.15, 0.2) is 0 Å². The van der Waals surface area contributed by atoms with Gasteiger partial charge in [-0.3, -0.25) is 0 Å². The molecule has 5 aliphatic rings. The summed E-state index contributed by atoms with van der Waals surface area (Å²) in [6, 6.07) is 2.38. The summed E-state index contributed by atoms with van der Waals surface area (Å²) < 4.78 is 13.9. The number of hydrogen-bond donors (Lipinski definition) is 0. The van der Waals surface area contributed by atoms with Crippen LogP contribution in [0.1, 0.15) is 44.9 Å². The van der Waals surface area contributed by atoms with Crippen molar-refractivity contribution in [2.75, 3.05) is 0 Å². The topological polar surface area (TPSA) is 6.48 Å². The fraction of sp³-hybridized carbons (Fsp3) is 1.00. The molecule has 5 rings (SSSR count). The molecule has 0 aromatic carbocycles. The molecule has 2 saturated carbocycles. The van der Waals surface area contributed by atoms with Gasteiger partial charge in [0, 0.05) is 18.1 Å². The maximum atomic E-state index is 13.9. The van der Waals surface area contributed by atoms with E-state index in [9.17, 15) is 4.39 Å². The number of halogens is 1. The second-order valence-electron chi connectivity index (χ2n) is 5.77. The van der Waals surface area contributed by atoms with E-state index in [1.807, 2.05) is 0 Å². The van der Waals surface area contributed by atoms with Gasteiger partial charge in [0.25, 0.3) is 0 Å². The van der Waals surface area contributed by atoms with Crippen LogP contribution < -0.4 is 0 Å². The molecular formula is C12H19FN2.